The summed E-state index contributed by atoms with van der Waals surface area (Å²) in [5, 5.41) is 7.36. The van der Waals surface area contributed by atoms with Gasteiger partial charge in [-0.3, -0.25) is 5.10 Å². The van der Waals surface area contributed by atoms with Gasteiger partial charge < -0.3 is 14.4 Å². The van der Waals surface area contributed by atoms with E-state index in [0.717, 1.165) is 17.9 Å². The molecule has 0 saturated heterocycles. The molecule has 0 amide bonds. The second-order valence-corrected chi connectivity index (χ2v) is 5.69. The molecule has 0 unspecified atom stereocenters. The average molecular weight is 334 g/mol. The van der Waals surface area contributed by atoms with Crippen LogP contribution in [0.1, 0.15) is 11.1 Å². The summed E-state index contributed by atoms with van der Waals surface area (Å²) >= 11 is 0. The maximum atomic E-state index is 5.43. The summed E-state index contributed by atoms with van der Waals surface area (Å²) in [7, 11) is 3.26. The molecule has 0 atom stereocenters. The van der Waals surface area contributed by atoms with Gasteiger partial charge in [-0.2, -0.15) is 4.98 Å². The molecule has 25 heavy (non-hydrogen) atoms. The zero-order chi connectivity index (χ0) is 17.2. The van der Waals surface area contributed by atoms with E-state index in [-0.39, 0.29) is 0 Å². The highest BCUT2D eigenvalue weighted by Gasteiger charge is 2.18. The molecule has 0 spiro atoms. The Balaban J connectivity index is 1.66. The Morgan fingerprint density at radius 2 is 1.96 bits per heavy atom. The Bertz CT molecular complexity index is 933. The van der Waals surface area contributed by atoms with Crippen LogP contribution in [0, 0.1) is 0 Å². The van der Waals surface area contributed by atoms with Crippen molar-refractivity contribution in [2.24, 2.45) is 0 Å². The van der Waals surface area contributed by atoms with Crippen LogP contribution >= 0.6 is 0 Å². The number of hydrogen-bond donors (Lipinski definition) is 1. The van der Waals surface area contributed by atoms with Crippen LogP contribution in [0.4, 0.5) is 5.95 Å². The molecule has 0 saturated carbocycles. The first kappa shape index (κ1) is 15.3. The van der Waals surface area contributed by atoms with Gasteiger partial charge in [-0.15, -0.1) is 5.10 Å². The second kappa shape index (κ2) is 6.32. The predicted molar refractivity (Wildman–Crippen MR) is 96.6 cm³/mol. The Morgan fingerprint density at radius 1 is 1.08 bits per heavy atom. The van der Waals surface area contributed by atoms with Crippen molar-refractivity contribution in [2.45, 2.75) is 6.54 Å². The molecule has 1 aliphatic rings. The van der Waals surface area contributed by atoms with Crippen molar-refractivity contribution in [3.63, 3.8) is 0 Å². The van der Waals surface area contributed by atoms with Crippen LogP contribution in [0.5, 0.6) is 11.5 Å². The van der Waals surface area contributed by atoms with Gasteiger partial charge >= 0.3 is 0 Å². The van der Waals surface area contributed by atoms with Gasteiger partial charge in [0.25, 0.3) is 0 Å². The van der Waals surface area contributed by atoms with E-state index in [9.17, 15) is 0 Å². The number of hydrogen-bond acceptors (Lipinski definition) is 5. The van der Waals surface area contributed by atoms with Crippen molar-refractivity contribution < 1.29 is 9.47 Å². The van der Waals surface area contributed by atoms with E-state index >= 15 is 0 Å². The van der Waals surface area contributed by atoms with Gasteiger partial charge in [-0.25, -0.2) is 0 Å². The summed E-state index contributed by atoms with van der Waals surface area (Å²) in [6.07, 6.45) is 4.07. The molecule has 1 N–H and O–H groups in total. The van der Waals surface area contributed by atoms with Gasteiger partial charge in [0.15, 0.2) is 5.82 Å². The molecule has 126 valence electrons. The number of fused-ring (bicyclic) bond motifs is 1. The van der Waals surface area contributed by atoms with Crippen molar-refractivity contribution in [1.82, 2.24) is 15.2 Å². The predicted octanol–water partition coefficient (Wildman–Crippen LogP) is 3.48. The standard InChI is InChI=1S/C19H18N4O2/c1-24-15-7-8-17(25-2)16(11-15)18-20-19(22-21-18)23-10-9-13-5-3-4-6-14(13)12-23/h3-11H,12H2,1-2H3,(H,20,21,22). The van der Waals surface area contributed by atoms with E-state index in [1.54, 1.807) is 14.2 Å². The molecule has 0 radical (unpaired) electrons. The third kappa shape index (κ3) is 2.82. The zero-order valence-corrected chi connectivity index (χ0v) is 14.1. The lowest BCUT2D eigenvalue weighted by atomic mass is 10.0. The molecule has 2 heterocycles. The molecule has 6 heteroatoms. The Morgan fingerprint density at radius 3 is 2.80 bits per heavy atom. The lowest BCUT2D eigenvalue weighted by molar-refractivity contribution is 0.404. The normalized spacial score (nSPS) is 12.8. The third-order valence-electron chi connectivity index (χ3n) is 4.22. The van der Waals surface area contributed by atoms with Crippen LogP contribution in [-0.4, -0.2) is 29.4 Å². The number of nitrogens with zero attached hydrogens (tertiary/aromatic N) is 3. The lowest BCUT2D eigenvalue weighted by Gasteiger charge is -2.21. The Hall–Kier alpha value is -3.28. The summed E-state index contributed by atoms with van der Waals surface area (Å²) in [6.45, 7) is 0.735. The number of anilines is 1. The van der Waals surface area contributed by atoms with E-state index < -0.39 is 0 Å². The molecule has 1 aromatic heterocycles. The highest BCUT2D eigenvalue weighted by Crippen LogP contribution is 2.32. The molecule has 1 aliphatic heterocycles. The highest BCUT2D eigenvalue weighted by atomic mass is 16.5. The van der Waals surface area contributed by atoms with Crippen LogP contribution < -0.4 is 14.4 Å². The number of H-pyrrole nitrogens is 1. The first-order chi connectivity index (χ1) is 12.3. The summed E-state index contributed by atoms with van der Waals surface area (Å²) in [4.78, 5) is 6.64. The van der Waals surface area contributed by atoms with Gasteiger partial charge in [-0.1, -0.05) is 24.3 Å². The van der Waals surface area contributed by atoms with Crippen molar-refractivity contribution in [1.29, 1.82) is 0 Å². The van der Waals surface area contributed by atoms with Crippen molar-refractivity contribution >= 4 is 12.0 Å². The quantitative estimate of drug-likeness (QED) is 0.791. The largest absolute Gasteiger partial charge is 0.497 e. The maximum Gasteiger partial charge on any atom is 0.249 e. The number of nitrogens with one attached hydrogen (secondary N) is 1. The summed E-state index contributed by atoms with van der Waals surface area (Å²) in [6, 6.07) is 13.9. The van der Waals surface area contributed by atoms with Crippen LogP contribution in [0.25, 0.3) is 17.5 Å². The van der Waals surface area contributed by atoms with E-state index in [1.807, 2.05) is 41.4 Å². The first-order valence-corrected chi connectivity index (χ1v) is 7.96. The minimum absolute atomic E-state index is 0.616. The molecule has 4 rings (SSSR count). The van der Waals surface area contributed by atoms with E-state index in [1.165, 1.54) is 11.1 Å². The first-order valence-electron chi connectivity index (χ1n) is 7.96. The highest BCUT2D eigenvalue weighted by molar-refractivity contribution is 5.68. The summed E-state index contributed by atoms with van der Waals surface area (Å²) in [5.74, 6) is 2.70. The summed E-state index contributed by atoms with van der Waals surface area (Å²) in [5.41, 5.74) is 3.28. The van der Waals surface area contributed by atoms with Crippen LogP contribution in [0.3, 0.4) is 0 Å². The molecular weight excluding hydrogens is 316 g/mol. The van der Waals surface area contributed by atoms with E-state index in [2.05, 4.69) is 33.4 Å². The van der Waals surface area contributed by atoms with Gasteiger partial charge in [0.2, 0.25) is 5.95 Å². The Kier molecular flexibility index (Phi) is 3.85. The fraction of sp³-hybridized carbons (Fsp3) is 0.158. The minimum atomic E-state index is 0.616. The summed E-state index contributed by atoms with van der Waals surface area (Å²) < 4.78 is 10.7. The van der Waals surface area contributed by atoms with Gasteiger partial charge in [0, 0.05) is 6.20 Å². The van der Waals surface area contributed by atoms with E-state index in [0.29, 0.717) is 17.5 Å². The molecular formula is C19H18N4O2. The van der Waals surface area contributed by atoms with Crippen LogP contribution in [0.2, 0.25) is 0 Å². The van der Waals surface area contributed by atoms with Crippen LogP contribution in [-0.2, 0) is 6.54 Å². The zero-order valence-electron chi connectivity index (χ0n) is 14.1. The molecule has 0 bridgehead atoms. The molecule has 0 fully saturated rings. The molecule has 0 aliphatic carbocycles. The maximum absolute atomic E-state index is 5.43. The number of aromatic amines is 1. The molecule has 2 aromatic carbocycles. The monoisotopic (exact) mass is 334 g/mol. The minimum Gasteiger partial charge on any atom is -0.497 e. The SMILES string of the molecule is COc1ccc(OC)c(-c2nc(N3C=Cc4ccccc4C3)n[nH]2)c1. The second-order valence-electron chi connectivity index (χ2n) is 5.69. The topological polar surface area (TPSA) is 63.3 Å². The third-order valence-corrected chi connectivity index (χ3v) is 4.22. The van der Waals surface area contributed by atoms with Gasteiger partial charge in [0.05, 0.1) is 26.3 Å². The molecule has 3 aromatic rings. The number of ether oxygens (including phenoxy) is 2. The number of benzene rings is 2. The smallest absolute Gasteiger partial charge is 0.249 e. The average Bonchev–Trinajstić information content (AvgIpc) is 3.17. The molecule has 6 nitrogen and oxygen atoms in total. The fourth-order valence-corrected chi connectivity index (χ4v) is 2.89. The van der Waals surface area contributed by atoms with Crippen LogP contribution in [0.15, 0.2) is 48.7 Å². The van der Waals surface area contributed by atoms with Gasteiger partial charge in [0.1, 0.15) is 11.5 Å². The van der Waals surface area contributed by atoms with Crippen molar-refractivity contribution in [3.05, 3.63) is 59.8 Å². The van der Waals surface area contributed by atoms with Crippen molar-refractivity contribution in [3.8, 4) is 22.9 Å². The Labute approximate surface area is 145 Å². The number of rotatable bonds is 4. The fourth-order valence-electron chi connectivity index (χ4n) is 2.89. The van der Waals surface area contributed by atoms with E-state index in [4.69, 9.17) is 9.47 Å². The lowest BCUT2D eigenvalue weighted by Crippen LogP contribution is -2.20. The van der Waals surface area contributed by atoms with Gasteiger partial charge in [-0.05, 0) is 35.4 Å². The number of aromatic nitrogens is 3. The number of methoxy groups -OCH3 is 2. The van der Waals surface area contributed by atoms with Crippen molar-refractivity contribution in [2.75, 3.05) is 19.1 Å².